The molecule has 2 nitrogen and oxygen atoms in total. The Morgan fingerprint density at radius 3 is 2.88 bits per heavy atom. The van der Waals surface area contributed by atoms with E-state index < -0.39 is 0 Å². The van der Waals surface area contributed by atoms with E-state index in [1.807, 2.05) is 6.07 Å². The van der Waals surface area contributed by atoms with Crippen LogP contribution in [0, 0.1) is 5.41 Å². The highest BCUT2D eigenvalue weighted by atomic mass is 16.5. The molecule has 2 rings (SSSR count). The maximum atomic E-state index is 5.67. The van der Waals surface area contributed by atoms with Crippen LogP contribution in [0.4, 0.5) is 0 Å². The first-order valence-electron chi connectivity index (χ1n) is 6.57. The Kier molecular flexibility index (Phi) is 3.72. The Labute approximate surface area is 104 Å². The molecule has 1 N–H and O–H groups in total. The second-order valence-corrected chi connectivity index (χ2v) is 5.63. The van der Waals surface area contributed by atoms with Crippen molar-refractivity contribution in [1.29, 1.82) is 0 Å². The van der Waals surface area contributed by atoms with Crippen LogP contribution in [0.5, 0.6) is 5.75 Å². The smallest absolute Gasteiger partial charge is 0.124 e. The van der Waals surface area contributed by atoms with Gasteiger partial charge in [-0.2, -0.15) is 0 Å². The quantitative estimate of drug-likeness (QED) is 0.859. The highest BCUT2D eigenvalue weighted by Crippen LogP contribution is 2.32. The van der Waals surface area contributed by atoms with Gasteiger partial charge in [0.15, 0.2) is 0 Å². The predicted molar refractivity (Wildman–Crippen MR) is 71.4 cm³/mol. The molecule has 0 spiro atoms. The molecule has 0 radical (unpaired) electrons. The summed E-state index contributed by atoms with van der Waals surface area (Å²) in [6.07, 6.45) is 2.27. The first-order valence-corrected chi connectivity index (χ1v) is 6.57. The lowest BCUT2D eigenvalue weighted by molar-refractivity contribution is 0.234. The van der Waals surface area contributed by atoms with Gasteiger partial charge in [-0.15, -0.1) is 0 Å². The van der Waals surface area contributed by atoms with Crippen molar-refractivity contribution in [2.75, 3.05) is 13.2 Å². The molecular formula is C15H23NO. The monoisotopic (exact) mass is 233 g/mol. The van der Waals surface area contributed by atoms with Crippen molar-refractivity contribution < 1.29 is 4.74 Å². The Morgan fingerprint density at radius 1 is 1.35 bits per heavy atom. The summed E-state index contributed by atoms with van der Waals surface area (Å²) in [6, 6.07) is 8.81. The van der Waals surface area contributed by atoms with Crippen LogP contribution < -0.4 is 10.1 Å². The van der Waals surface area contributed by atoms with Gasteiger partial charge in [-0.1, -0.05) is 39.0 Å². The summed E-state index contributed by atoms with van der Waals surface area (Å²) in [5, 5.41) is 3.69. The van der Waals surface area contributed by atoms with E-state index in [1.165, 1.54) is 12.0 Å². The van der Waals surface area contributed by atoms with Crippen molar-refractivity contribution in [3.8, 4) is 5.75 Å². The lowest BCUT2D eigenvalue weighted by atomic mass is 9.89. The Morgan fingerprint density at radius 2 is 2.12 bits per heavy atom. The molecule has 0 bridgehead atoms. The Balaban J connectivity index is 2.04. The summed E-state index contributed by atoms with van der Waals surface area (Å²) in [4.78, 5) is 0. The lowest BCUT2D eigenvalue weighted by Gasteiger charge is -2.31. The largest absolute Gasteiger partial charge is 0.493 e. The third-order valence-corrected chi connectivity index (χ3v) is 3.74. The van der Waals surface area contributed by atoms with Gasteiger partial charge in [0.25, 0.3) is 0 Å². The van der Waals surface area contributed by atoms with Crippen LogP contribution in [0.3, 0.4) is 0 Å². The summed E-state index contributed by atoms with van der Waals surface area (Å²) < 4.78 is 5.67. The second-order valence-electron chi connectivity index (χ2n) is 5.63. The van der Waals surface area contributed by atoms with Crippen LogP contribution >= 0.6 is 0 Å². The van der Waals surface area contributed by atoms with Crippen molar-refractivity contribution in [1.82, 2.24) is 5.32 Å². The number of para-hydroxylation sites is 1. The molecule has 0 fully saturated rings. The highest BCUT2D eigenvalue weighted by molar-refractivity contribution is 5.37. The van der Waals surface area contributed by atoms with Gasteiger partial charge >= 0.3 is 0 Å². The van der Waals surface area contributed by atoms with E-state index in [1.54, 1.807) is 0 Å². The topological polar surface area (TPSA) is 21.3 Å². The average Bonchev–Trinajstić information content (AvgIpc) is 2.36. The van der Waals surface area contributed by atoms with Crippen LogP contribution in [-0.2, 0) is 0 Å². The minimum absolute atomic E-state index is 0.368. The molecular weight excluding hydrogens is 210 g/mol. The van der Waals surface area contributed by atoms with Gasteiger partial charge in [0.2, 0.25) is 0 Å². The minimum Gasteiger partial charge on any atom is -0.493 e. The summed E-state index contributed by atoms with van der Waals surface area (Å²) in [7, 11) is 0. The van der Waals surface area contributed by atoms with Crippen molar-refractivity contribution in [3.63, 3.8) is 0 Å². The van der Waals surface area contributed by atoms with E-state index in [4.69, 9.17) is 4.74 Å². The number of fused-ring (bicyclic) bond motifs is 1. The number of rotatable bonds is 4. The molecule has 1 aliphatic rings. The lowest BCUT2D eigenvalue weighted by Crippen LogP contribution is -2.34. The predicted octanol–water partition coefficient (Wildman–Crippen LogP) is 3.54. The molecule has 0 aliphatic carbocycles. The fourth-order valence-corrected chi connectivity index (χ4v) is 2.08. The standard InChI is InChI=1S/C15H23NO/c1-4-15(2,3)11-16-13-9-10-17-14-8-6-5-7-12(13)14/h5-8,13,16H,4,9-11H2,1-3H3. The average molecular weight is 233 g/mol. The van der Waals surface area contributed by atoms with E-state index in [0.29, 0.717) is 11.5 Å². The summed E-state index contributed by atoms with van der Waals surface area (Å²) in [6.45, 7) is 8.75. The van der Waals surface area contributed by atoms with Gasteiger partial charge in [-0.05, 0) is 17.9 Å². The second kappa shape index (κ2) is 5.09. The van der Waals surface area contributed by atoms with Gasteiger partial charge in [-0.25, -0.2) is 0 Å². The van der Waals surface area contributed by atoms with Crippen LogP contribution in [0.1, 0.15) is 45.2 Å². The SMILES string of the molecule is CCC(C)(C)CNC1CCOc2ccccc21. The number of hydrogen-bond donors (Lipinski definition) is 1. The van der Waals surface area contributed by atoms with Crippen molar-refractivity contribution in [2.24, 2.45) is 5.41 Å². The zero-order valence-corrected chi connectivity index (χ0v) is 11.1. The summed E-state index contributed by atoms with van der Waals surface area (Å²) in [5.41, 5.74) is 1.68. The first-order chi connectivity index (χ1) is 8.12. The van der Waals surface area contributed by atoms with E-state index in [0.717, 1.165) is 25.3 Å². The number of hydrogen-bond acceptors (Lipinski definition) is 2. The molecule has 0 aromatic heterocycles. The molecule has 1 aromatic carbocycles. The molecule has 0 saturated heterocycles. The van der Waals surface area contributed by atoms with E-state index in [9.17, 15) is 0 Å². The molecule has 0 amide bonds. The maximum Gasteiger partial charge on any atom is 0.124 e. The molecule has 0 saturated carbocycles. The van der Waals surface area contributed by atoms with Crippen LogP contribution in [0.15, 0.2) is 24.3 Å². The van der Waals surface area contributed by atoms with Crippen molar-refractivity contribution >= 4 is 0 Å². The fourth-order valence-electron chi connectivity index (χ4n) is 2.08. The Bertz CT molecular complexity index is 373. The summed E-state index contributed by atoms with van der Waals surface area (Å²) in [5.74, 6) is 1.05. The van der Waals surface area contributed by atoms with Crippen molar-refractivity contribution in [3.05, 3.63) is 29.8 Å². The molecule has 94 valence electrons. The molecule has 1 heterocycles. The molecule has 1 atom stereocenters. The van der Waals surface area contributed by atoms with Gasteiger partial charge in [0.05, 0.1) is 6.61 Å². The normalized spacial score (nSPS) is 19.6. The zero-order chi connectivity index (χ0) is 12.3. The first kappa shape index (κ1) is 12.4. The molecule has 17 heavy (non-hydrogen) atoms. The molecule has 1 aromatic rings. The maximum absolute atomic E-state index is 5.67. The van der Waals surface area contributed by atoms with Crippen LogP contribution in [0.25, 0.3) is 0 Å². The van der Waals surface area contributed by atoms with Crippen LogP contribution in [0.2, 0.25) is 0 Å². The van der Waals surface area contributed by atoms with Gasteiger partial charge in [0, 0.05) is 24.6 Å². The zero-order valence-electron chi connectivity index (χ0n) is 11.1. The van der Waals surface area contributed by atoms with Gasteiger partial charge in [0.1, 0.15) is 5.75 Å². The van der Waals surface area contributed by atoms with Crippen molar-refractivity contribution in [2.45, 2.75) is 39.7 Å². The number of benzene rings is 1. The van der Waals surface area contributed by atoms with Gasteiger partial charge in [-0.3, -0.25) is 0 Å². The number of nitrogens with one attached hydrogen (secondary N) is 1. The van der Waals surface area contributed by atoms with Gasteiger partial charge < -0.3 is 10.1 Å². The van der Waals surface area contributed by atoms with Crippen LogP contribution in [-0.4, -0.2) is 13.2 Å². The van der Waals surface area contributed by atoms with E-state index in [2.05, 4.69) is 44.3 Å². The third kappa shape index (κ3) is 3.01. The van der Waals surface area contributed by atoms with E-state index in [-0.39, 0.29) is 0 Å². The van der Waals surface area contributed by atoms with E-state index >= 15 is 0 Å². The molecule has 1 unspecified atom stereocenters. The number of ether oxygens (including phenoxy) is 1. The molecule has 2 heteroatoms. The minimum atomic E-state index is 0.368. The molecule has 1 aliphatic heterocycles. The summed E-state index contributed by atoms with van der Waals surface area (Å²) >= 11 is 0. The highest BCUT2D eigenvalue weighted by Gasteiger charge is 2.23. The third-order valence-electron chi connectivity index (χ3n) is 3.74. The fraction of sp³-hybridized carbons (Fsp3) is 0.600. The Hall–Kier alpha value is -1.02.